The van der Waals surface area contributed by atoms with Gasteiger partial charge in [0.15, 0.2) is 0 Å². The van der Waals surface area contributed by atoms with E-state index in [4.69, 9.17) is 4.74 Å². The van der Waals surface area contributed by atoms with Crippen LogP contribution in [0.4, 0.5) is 0 Å². The van der Waals surface area contributed by atoms with Crippen molar-refractivity contribution in [2.24, 2.45) is 0 Å². The summed E-state index contributed by atoms with van der Waals surface area (Å²) in [6.07, 6.45) is 0.686. The molecule has 0 aliphatic carbocycles. The molecule has 0 radical (unpaired) electrons. The zero-order valence-electron chi connectivity index (χ0n) is 10.4. The molecule has 4 nitrogen and oxygen atoms in total. The van der Waals surface area contributed by atoms with Gasteiger partial charge in [0.25, 0.3) is 0 Å². The zero-order chi connectivity index (χ0) is 12.1. The maximum atomic E-state index is 11.6. The first-order valence-electron chi connectivity index (χ1n) is 5.41. The molecule has 0 spiro atoms. The molecule has 0 saturated heterocycles. The molecule has 0 aromatic rings. The predicted molar refractivity (Wildman–Crippen MR) is 59.6 cm³/mol. The van der Waals surface area contributed by atoms with E-state index < -0.39 is 5.60 Å². The van der Waals surface area contributed by atoms with Crippen molar-refractivity contribution in [1.29, 1.82) is 0 Å². The molecular weight excluding hydrogens is 194 g/mol. The number of ether oxygens (including phenoxy) is 1. The van der Waals surface area contributed by atoms with Gasteiger partial charge in [-0.05, 0) is 34.2 Å². The van der Waals surface area contributed by atoms with Crippen molar-refractivity contribution < 1.29 is 14.6 Å². The molecule has 0 aliphatic heterocycles. The van der Waals surface area contributed by atoms with Crippen molar-refractivity contribution in [3.05, 3.63) is 0 Å². The van der Waals surface area contributed by atoms with Gasteiger partial charge in [-0.2, -0.15) is 0 Å². The van der Waals surface area contributed by atoms with Crippen LogP contribution in [0.5, 0.6) is 0 Å². The largest absolute Gasteiger partial charge is 0.465 e. The Kier molecular flexibility index (Phi) is 5.83. The number of rotatable bonds is 6. The lowest BCUT2D eigenvalue weighted by Crippen LogP contribution is -2.46. The minimum Gasteiger partial charge on any atom is -0.465 e. The molecular formula is C11H23NO3. The van der Waals surface area contributed by atoms with E-state index in [0.29, 0.717) is 19.6 Å². The van der Waals surface area contributed by atoms with Crippen LogP contribution in [0.25, 0.3) is 0 Å². The lowest BCUT2D eigenvalue weighted by Gasteiger charge is -2.30. The fourth-order valence-electron chi connectivity index (χ4n) is 1.62. The predicted octanol–water partition coefficient (Wildman–Crippen LogP) is 1.03. The molecule has 0 heterocycles. The molecule has 15 heavy (non-hydrogen) atoms. The highest BCUT2D eigenvalue weighted by atomic mass is 16.5. The van der Waals surface area contributed by atoms with Crippen LogP contribution in [-0.2, 0) is 9.53 Å². The first-order chi connectivity index (χ1) is 6.81. The van der Waals surface area contributed by atoms with Gasteiger partial charge in [-0.1, -0.05) is 6.92 Å². The molecule has 0 rings (SSSR count). The smallest absolute Gasteiger partial charge is 0.323 e. The quantitative estimate of drug-likeness (QED) is 0.675. The van der Waals surface area contributed by atoms with E-state index in [1.807, 2.05) is 18.9 Å². The van der Waals surface area contributed by atoms with Crippen LogP contribution in [0.2, 0.25) is 0 Å². The summed E-state index contributed by atoms with van der Waals surface area (Å²) >= 11 is 0. The van der Waals surface area contributed by atoms with Crippen molar-refractivity contribution in [1.82, 2.24) is 4.90 Å². The summed E-state index contributed by atoms with van der Waals surface area (Å²) in [5.74, 6) is -0.216. The summed E-state index contributed by atoms with van der Waals surface area (Å²) in [7, 11) is 1.82. The van der Waals surface area contributed by atoms with Gasteiger partial charge in [0.05, 0.1) is 12.2 Å². The van der Waals surface area contributed by atoms with E-state index in [0.717, 1.165) is 0 Å². The van der Waals surface area contributed by atoms with Crippen LogP contribution in [0.15, 0.2) is 0 Å². The van der Waals surface area contributed by atoms with Crippen LogP contribution in [0.1, 0.15) is 34.1 Å². The molecule has 1 N–H and O–H groups in total. The van der Waals surface area contributed by atoms with Crippen molar-refractivity contribution in [3.63, 3.8) is 0 Å². The molecule has 0 aromatic carbocycles. The minimum absolute atomic E-state index is 0.216. The number of carbonyl (C=O) groups excluding carboxylic acids is 1. The molecule has 0 bridgehead atoms. The summed E-state index contributed by atoms with van der Waals surface area (Å²) in [6, 6.07) is -0.267. The topological polar surface area (TPSA) is 49.8 Å². The molecule has 0 saturated carbocycles. The Hall–Kier alpha value is -0.610. The highest BCUT2D eigenvalue weighted by Gasteiger charge is 2.26. The molecule has 0 amide bonds. The molecule has 1 unspecified atom stereocenters. The third-order valence-corrected chi connectivity index (χ3v) is 2.11. The molecule has 1 atom stereocenters. The Morgan fingerprint density at radius 3 is 2.33 bits per heavy atom. The zero-order valence-corrected chi connectivity index (χ0v) is 10.4. The number of carbonyl (C=O) groups is 1. The number of likely N-dealkylation sites (N-methyl/N-ethyl adjacent to an activating group) is 1. The second-order valence-corrected chi connectivity index (χ2v) is 4.40. The Balaban J connectivity index is 4.34. The fraction of sp³-hybridized carbons (Fsp3) is 0.909. The SMILES string of the molecule is CCOC(=O)C(CC)N(C)CC(C)(C)O. The molecule has 0 aliphatic rings. The number of hydrogen-bond acceptors (Lipinski definition) is 4. The van der Waals surface area contributed by atoms with Gasteiger partial charge in [0.2, 0.25) is 0 Å². The summed E-state index contributed by atoms with van der Waals surface area (Å²) in [5.41, 5.74) is -0.797. The van der Waals surface area contributed by atoms with Gasteiger partial charge < -0.3 is 9.84 Å². The van der Waals surface area contributed by atoms with Crippen LogP contribution in [-0.4, -0.2) is 47.8 Å². The van der Waals surface area contributed by atoms with Gasteiger partial charge in [0.1, 0.15) is 6.04 Å². The molecule has 90 valence electrons. The lowest BCUT2D eigenvalue weighted by molar-refractivity contribution is -0.150. The molecule has 4 heteroatoms. The average Bonchev–Trinajstić information content (AvgIpc) is 2.02. The first-order valence-corrected chi connectivity index (χ1v) is 5.41. The fourth-order valence-corrected chi connectivity index (χ4v) is 1.62. The maximum absolute atomic E-state index is 11.6. The lowest BCUT2D eigenvalue weighted by atomic mass is 10.1. The van der Waals surface area contributed by atoms with Crippen molar-refractivity contribution >= 4 is 5.97 Å². The Bertz CT molecular complexity index is 198. The third-order valence-electron chi connectivity index (χ3n) is 2.11. The minimum atomic E-state index is -0.797. The number of esters is 1. The Morgan fingerprint density at radius 1 is 1.47 bits per heavy atom. The second kappa shape index (κ2) is 6.08. The summed E-state index contributed by atoms with van der Waals surface area (Å²) < 4.78 is 4.97. The maximum Gasteiger partial charge on any atom is 0.323 e. The number of aliphatic hydroxyl groups is 1. The number of hydrogen-bond donors (Lipinski definition) is 1. The summed E-state index contributed by atoms with van der Waals surface area (Å²) in [4.78, 5) is 13.4. The normalized spacial score (nSPS) is 14.1. The van der Waals surface area contributed by atoms with Gasteiger partial charge >= 0.3 is 5.97 Å². The Morgan fingerprint density at radius 2 is 2.00 bits per heavy atom. The highest BCUT2D eigenvalue weighted by Crippen LogP contribution is 2.10. The van der Waals surface area contributed by atoms with Crippen molar-refractivity contribution in [3.8, 4) is 0 Å². The number of nitrogens with zero attached hydrogens (tertiary/aromatic N) is 1. The van der Waals surface area contributed by atoms with Gasteiger partial charge in [0, 0.05) is 6.54 Å². The van der Waals surface area contributed by atoms with Gasteiger partial charge in [-0.25, -0.2) is 0 Å². The standard InChI is InChI=1S/C11H23NO3/c1-6-9(10(13)15-7-2)12(5)8-11(3,4)14/h9,14H,6-8H2,1-5H3. The van der Waals surface area contributed by atoms with Gasteiger partial charge in [-0.3, -0.25) is 9.69 Å². The third kappa shape index (κ3) is 5.74. The van der Waals surface area contributed by atoms with Gasteiger partial charge in [-0.15, -0.1) is 0 Å². The highest BCUT2D eigenvalue weighted by molar-refractivity contribution is 5.75. The summed E-state index contributed by atoms with van der Waals surface area (Å²) in [6.45, 7) is 8.02. The van der Waals surface area contributed by atoms with E-state index in [2.05, 4.69) is 0 Å². The average molecular weight is 217 g/mol. The van der Waals surface area contributed by atoms with Crippen LogP contribution in [0, 0.1) is 0 Å². The van der Waals surface area contributed by atoms with Crippen molar-refractivity contribution in [2.45, 2.75) is 45.8 Å². The first kappa shape index (κ1) is 14.4. The van der Waals surface area contributed by atoms with E-state index in [9.17, 15) is 9.90 Å². The van der Waals surface area contributed by atoms with E-state index in [1.54, 1.807) is 20.8 Å². The van der Waals surface area contributed by atoms with Crippen LogP contribution >= 0.6 is 0 Å². The Labute approximate surface area is 92.2 Å². The molecule has 0 aromatic heterocycles. The van der Waals surface area contributed by atoms with E-state index >= 15 is 0 Å². The summed E-state index contributed by atoms with van der Waals surface area (Å²) in [5, 5.41) is 9.65. The van der Waals surface area contributed by atoms with E-state index in [-0.39, 0.29) is 12.0 Å². The monoisotopic (exact) mass is 217 g/mol. The molecule has 0 fully saturated rings. The van der Waals surface area contributed by atoms with Crippen LogP contribution < -0.4 is 0 Å². The second-order valence-electron chi connectivity index (χ2n) is 4.40. The van der Waals surface area contributed by atoms with E-state index in [1.165, 1.54) is 0 Å². The van der Waals surface area contributed by atoms with Crippen LogP contribution in [0.3, 0.4) is 0 Å². The van der Waals surface area contributed by atoms with Crippen molar-refractivity contribution in [2.75, 3.05) is 20.2 Å².